The summed E-state index contributed by atoms with van der Waals surface area (Å²) in [5.41, 5.74) is 0.751. The molecule has 0 aliphatic carbocycles. The Balaban J connectivity index is 1.38. The summed E-state index contributed by atoms with van der Waals surface area (Å²) >= 11 is 6.20. The maximum atomic E-state index is 12.6. The number of carbonyl (C=O) groups is 1. The second-order valence-electron chi connectivity index (χ2n) is 6.58. The van der Waals surface area contributed by atoms with Gasteiger partial charge in [0.15, 0.2) is 0 Å². The second kappa shape index (κ2) is 7.63. The van der Waals surface area contributed by atoms with Crippen LogP contribution in [-0.2, 0) is 9.53 Å². The number of amides is 1. The fourth-order valence-electron chi connectivity index (χ4n) is 3.46. The third kappa shape index (κ3) is 3.54. The van der Waals surface area contributed by atoms with E-state index in [9.17, 15) is 4.79 Å². The number of carbonyl (C=O) groups excluding carboxylic acids is 1. The van der Waals surface area contributed by atoms with Crippen molar-refractivity contribution in [2.24, 2.45) is 5.92 Å². The monoisotopic (exact) mass is 376 g/mol. The summed E-state index contributed by atoms with van der Waals surface area (Å²) in [6.45, 7) is 4.12. The van der Waals surface area contributed by atoms with E-state index in [2.05, 4.69) is 10.1 Å². The molecule has 0 unspecified atom stereocenters. The minimum Gasteiger partial charge on any atom is -0.378 e. The molecule has 0 N–H and O–H groups in total. The Morgan fingerprint density at radius 1 is 1.12 bits per heavy atom. The number of aromatic nitrogens is 2. The summed E-state index contributed by atoms with van der Waals surface area (Å²) in [6.07, 6.45) is 1.58. The first kappa shape index (κ1) is 17.3. The molecule has 2 saturated heterocycles. The predicted octanol–water partition coefficient (Wildman–Crippen LogP) is 2.47. The number of piperidine rings is 1. The molecule has 4 rings (SSSR count). The molecule has 0 radical (unpaired) electrons. The first-order valence-electron chi connectivity index (χ1n) is 8.92. The Morgan fingerprint density at radius 3 is 2.58 bits per heavy atom. The van der Waals surface area contributed by atoms with Crippen LogP contribution in [0.15, 0.2) is 28.8 Å². The van der Waals surface area contributed by atoms with Crippen molar-refractivity contribution < 1.29 is 14.1 Å². The van der Waals surface area contributed by atoms with Gasteiger partial charge in [0, 0.05) is 37.7 Å². The average molecular weight is 377 g/mol. The summed E-state index contributed by atoms with van der Waals surface area (Å²) in [5, 5.41) is 4.64. The number of rotatable bonds is 3. The average Bonchev–Trinajstić information content (AvgIpc) is 3.18. The van der Waals surface area contributed by atoms with E-state index in [1.165, 1.54) is 0 Å². The number of nitrogens with zero attached hydrogens (tertiary/aromatic N) is 4. The minimum atomic E-state index is 0.0651. The molecule has 2 fully saturated rings. The third-order valence-electron chi connectivity index (χ3n) is 4.97. The van der Waals surface area contributed by atoms with Crippen molar-refractivity contribution in [3.8, 4) is 11.4 Å². The van der Waals surface area contributed by atoms with Gasteiger partial charge in [-0.3, -0.25) is 4.79 Å². The molecule has 0 atom stereocenters. The second-order valence-corrected chi connectivity index (χ2v) is 6.99. The van der Waals surface area contributed by atoms with Gasteiger partial charge < -0.3 is 19.1 Å². The lowest BCUT2D eigenvalue weighted by Crippen LogP contribution is -2.46. The van der Waals surface area contributed by atoms with E-state index in [1.54, 1.807) is 6.07 Å². The van der Waals surface area contributed by atoms with Gasteiger partial charge in [-0.15, -0.1) is 0 Å². The van der Waals surface area contributed by atoms with Crippen molar-refractivity contribution in [2.45, 2.75) is 12.8 Å². The first-order valence-corrected chi connectivity index (χ1v) is 9.30. The van der Waals surface area contributed by atoms with E-state index in [0.717, 1.165) is 31.5 Å². The van der Waals surface area contributed by atoms with E-state index < -0.39 is 0 Å². The van der Waals surface area contributed by atoms with Crippen molar-refractivity contribution in [3.05, 3.63) is 29.3 Å². The molecule has 0 spiro atoms. The molecule has 3 heterocycles. The largest absolute Gasteiger partial charge is 0.378 e. The summed E-state index contributed by atoms with van der Waals surface area (Å²) in [4.78, 5) is 21.0. The van der Waals surface area contributed by atoms with Crippen LogP contribution >= 0.6 is 11.6 Å². The Hall–Kier alpha value is -2.12. The zero-order chi connectivity index (χ0) is 17.9. The van der Waals surface area contributed by atoms with Gasteiger partial charge in [0.2, 0.25) is 11.7 Å². The molecule has 1 amide bonds. The molecule has 2 aromatic rings. The van der Waals surface area contributed by atoms with E-state index in [0.29, 0.717) is 43.2 Å². The fourth-order valence-corrected chi connectivity index (χ4v) is 3.68. The number of anilines is 1. The Morgan fingerprint density at radius 2 is 1.85 bits per heavy atom. The maximum Gasteiger partial charge on any atom is 0.324 e. The minimum absolute atomic E-state index is 0.0651. The molecule has 138 valence electrons. The number of morpholine rings is 1. The normalized spacial score (nSPS) is 19.0. The van der Waals surface area contributed by atoms with Crippen LogP contribution in [-0.4, -0.2) is 60.3 Å². The topological polar surface area (TPSA) is 71.7 Å². The summed E-state index contributed by atoms with van der Waals surface area (Å²) in [5.74, 6) is 0.794. The molecule has 8 heteroatoms. The lowest BCUT2D eigenvalue weighted by molar-refractivity contribution is -0.140. The van der Waals surface area contributed by atoms with Gasteiger partial charge in [0.1, 0.15) is 0 Å². The molecular formula is C18H21ClN4O3. The molecule has 0 saturated carbocycles. The highest BCUT2D eigenvalue weighted by atomic mass is 35.5. The van der Waals surface area contributed by atoms with Gasteiger partial charge in [0.05, 0.1) is 18.2 Å². The van der Waals surface area contributed by atoms with E-state index >= 15 is 0 Å². The van der Waals surface area contributed by atoms with Gasteiger partial charge in [-0.1, -0.05) is 28.9 Å². The van der Waals surface area contributed by atoms with Gasteiger partial charge in [-0.05, 0) is 25.0 Å². The van der Waals surface area contributed by atoms with E-state index in [4.69, 9.17) is 20.9 Å². The number of hydrogen-bond acceptors (Lipinski definition) is 6. The number of hydrogen-bond donors (Lipinski definition) is 0. The zero-order valence-corrected chi connectivity index (χ0v) is 15.2. The fraction of sp³-hybridized carbons (Fsp3) is 0.500. The van der Waals surface area contributed by atoms with Crippen molar-refractivity contribution in [3.63, 3.8) is 0 Å². The van der Waals surface area contributed by atoms with Gasteiger partial charge in [-0.25, -0.2) is 0 Å². The van der Waals surface area contributed by atoms with Crippen LogP contribution in [0.25, 0.3) is 11.4 Å². The number of ether oxygens (including phenoxy) is 1. The quantitative estimate of drug-likeness (QED) is 0.819. The predicted molar refractivity (Wildman–Crippen MR) is 97.1 cm³/mol. The first-order chi connectivity index (χ1) is 12.7. The highest BCUT2D eigenvalue weighted by Crippen LogP contribution is 2.29. The smallest absolute Gasteiger partial charge is 0.324 e. The standard InChI is InChI=1S/C18H21ClN4O3/c19-15-4-2-1-3-14(15)16-20-18(26-21-16)23-7-5-13(6-8-23)17(24)22-9-11-25-12-10-22/h1-4,13H,5-12H2. The molecule has 1 aromatic heterocycles. The van der Waals surface area contributed by atoms with Gasteiger partial charge in [-0.2, -0.15) is 4.98 Å². The molecular weight excluding hydrogens is 356 g/mol. The zero-order valence-electron chi connectivity index (χ0n) is 14.4. The van der Waals surface area contributed by atoms with Crippen LogP contribution in [0.1, 0.15) is 12.8 Å². The summed E-state index contributed by atoms with van der Waals surface area (Å²) in [6, 6.07) is 7.90. The Kier molecular flexibility index (Phi) is 5.08. The molecule has 1 aromatic carbocycles. The molecule has 2 aliphatic rings. The van der Waals surface area contributed by atoms with Gasteiger partial charge in [0.25, 0.3) is 0 Å². The Labute approximate surface area is 156 Å². The molecule has 2 aliphatic heterocycles. The SMILES string of the molecule is O=C(C1CCN(c2nc(-c3ccccc3Cl)no2)CC1)N1CCOCC1. The molecule has 7 nitrogen and oxygen atoms in total. The van der Waals surface area contributed by atoms with Crippen LogP contribution in [0.2, 0.25) is 5.02 Å². The molecule has 26 heavy (non-hydrogen) atoms. The lowest BCUT2D eigenvalue weighted by atomic mass is 9.95. The van der Waals surface area contributed by atoms with Crippen molar-refractivity contribution in [1.82, 2.24) is 15.0 Å². The van der Waals surface area contributed by atoms with Crippen LogP contribution in [0, 0.1) is 5.92 Å². The van der Waals surface area contributed by atoms with Crippen molar-refractivity contribution in [2.75, 3.05) is 44.3 Å². The summed E-state index contributed by atoms with van der Waals surface area (Å²) in [7, 11) is 0. The molecule has 0 bridgehead atoms. The van der Waals surface area contributed by atoms with Crippen LogP contribution in [0.5, 0.6) is 0 Å². The van der Waals surface area contributed by atoms with Gasteiger partial charge >= 0.3 is 6.01 Å². The lowest BCUT2D eigenvalue weighted by Gasteiger charge is -2.34. The summed E-state index contributed by atoms with van der Waals surface area (Å²) < 4.78 is 10.7. The maximum absolute atomic E-state index is 12.6. The highest BCUT2D eigenvalue weighted by molar-refractivity contribution is 6.33. The van der Waals surface area contributed by atoms with Crippen LogP contribution in [0.3, 0.4) is 0 Å². The van der Waals surface area contributed by atoms with E-state index in [1.807, 2.05) is 28.0 Å². The van der Waals surface area contributed by atoms with Crippen molar-refractivity contribution >= 4 is 23.5 Å². The number of benzene rings is 1. The van der Waals surface area contributed by atoms with Crippen LogP contribution in [0.4, 0.5) is 6.01 Å². The third-order valence-corrected chi connectivity index (χ3v) is 5.30. The Bertz CT molecular complexity index is 767. The van der Waals surface area contributed by atoms with E-state index in [-0.39, 0.29) is 11.8 Å². The van der Waals surface area contributed by atoms with Crippen LogP contribution < -0.4 is 4.90 Å². The van der Waals surface area contributed by atoms with Crippen molar-refractivity contribution in [1.29, 1.82) is 0 Å². The number of halogens is 1. The highest BCUT2D eigenvalue weighted by Gasteiger charge is 2.31.